The SMILES string of the molecule is COc1cc2c(cc1OC)C(COc1cccc(C(F)(F)F)c1)N(C(=O)c1ccc(OC(C)C)cc1)CC2. The van der Waals surface area contributed by atoms with Gasteiger partial charge in [0.2, 0.25) is 0 Å². The number of carbonyl (C=O) groups excluding carboxylic acids is 1. The number of ether oxygens (including phenoxy) is 4. The second-order valence-electron chi connectivity index (χ2n) is 9.20. The van der Waals surface area contributed by atoms with E-state index in [9.17, 15) is 18.0 Å². The summed E-state index contributed by atoms with van der Waals surface area (Å²) in [6.45, 7) is 4.18. The van der Waals surface area contributed by atoms with E-state index in [1.165, 1.54) is 19.2 Å². The van der Waals surface area contributed by atoms with Crippen LogP contribution in [0.3, 0.4) is 0 Å². The van der Waals surface area contributed by atoms with Crippen molar-refractivity contribution in [1.29, 1.82) is 0 Å². The van der Waals surface area contributed by atoms with Crippen molar-refractivity contribution in [3.63, 3.8) is 0 Å². The lowest BCUT2D eigenvalue weighted by atomic mass is 9.91. The zero-order valence-corrected chi connectivity index (χ0v) is 21.7. The van der Waals surface area contributed by atoms with Gasteiger partial charge in [-0.1, -0.05) is 6.07 Å². The number of hydrogen-bond donors (Lipinski definition) is 0. The zero-order valence-electron chi connectivity index (χ0n) is 21.7. The lowest BCUT2D eigenvalue weighted by molar-refractivity contribution is -0.137. The molecule has 1 heterocycles. The fraction of sp³-hybridized carbons (Fsp3) is 0.345. The molecule has 1 aliphatic heterocycles. The lowest BCUT2D eigenvalue weighted by Gasteiger charge is -2.37. The molecule has 1 atom stereocenters. The van der Waals surface area contributed by atoms with E-state index in [-0.39, 0.29) is 24.4 Å². The van der Waals surface area contributed by atoms with Gasteiger partial charge in [0.05, 0.1) is 31.9 Å². The van der Waals surface area contributed by atoms with Crippen LogP contribution in [0.1, 0.15) is 46.9 Å². The average molecular weight is 530 g/mol. The maximum atomic E-state index is 13.7. The van der Waals surface area contributed by atoms with Crippen molar-refractivity contribution in [2.24, 2.45) is 0 Å². The van der Waals surface area contributed by atoms with Crippen molar-refractivity contribution in [2.45, 2.75) is 38.6 Å². The lowest BCUT2D eigenvalue weighted by Crippen LogP contribution is -2.42. The van der Waals surface area contributed by atoms with Crippen molar-refractivity contribution >= 4 is 5.91 Å². The minimum atomic E-state index is -4.49. The Kier molecular flexibility index (Phi) is 8.04. The Hall–Kier alpha value is -3.88. The fourth-order valence-electron chi connectivity index (χ4n) is 4.50. The van der Waals surface area contributed by atoms with E-state index >= 15 is 0 Å². The average Bonchev–Trinajstić information content (AvgIpc) is 2.90. The molecule has 1 amide bonds. The normalized spacial score (nSPS) is 15.2. The van der Waals surface area contributed by atoms with E-state index < -0.39 is 17.8 Å². The number of hydrogen-bond acceptors (Lipinski definition) is 5. The van der Waals surface area contributed by atoms with Crippen LogP contribution in [0.15, 0.2) is 60.7 Å². The first-order valence-electron chi connectivity index (χ1n) is 12.2. The number of benzene rings is 3. The molecular weight excluding hydrogens is 499 g/mol. The Bertz CT molecular complexity index is 1270. The van der Waals surface area contributed by atoms with Gasteiger partial charge < -0.3 is 23.8 Å². The highest BCUT2D eigenvalue weighted by Gasteiger charge is 2.34. The number of alkyl halides is 3. The van der Waals surface area contributed by atoms with Gasteiger partial charge >= 0.3 is 6.18 Å². The summed E-state index contributed by atoms with van der Waals surface area (Å²) in [5, 5.41) is 0. The predicted octanol–water partition coefficient (Wildman–Crippen LogP) is 6.33. The molecule has 0 spiro atoms. The van der Waals surface area contributed by atoms with E-state index in [2.05, 4.69) is 0 Å². The summed E-state index contributed by atoms with van der Waals surface area (Å²) >= 11 is 0. The minimum absolute atomic E-state index is 0.000466. The third-order valence-corrected chi connectivity index (χ3v) is 6.31. The molecule has 202 valence electrons. The van der Waals surface area contributed by atoms with Crippen molar-refractivity contribution < 1.29 is 36.9 Å². The van der Waals surface area contributed by atoms with E-state index in [1.54, 1.807) is 42.3 Å². The number of nitrogens with zero attached hydrogens (tertiary/aromatic N) is 1. The molecule has 0 radical (unpaired) electrons. The largest absolute Gasteiger partial charge is 0.493 e. The van der Waals surface area contributed by atoms with E-state index in [0.29, 0.717) is 35.8 Å². The van der Waals surface area contributed by atoms with Crippen LogP contribution >= 0.6 is 0 Å². The highest BCUT2D eigenvalue weighted by molar-refractivity contribution is 5.95. The second-order valence-corrected chi connectivity index (χ2v) is 9.20. The molecule has 0 fully saturated rings. The molecule has 4 rings (SSSR count). The number of rotatable bonds is 8. The third kappa shape index (κ3) is 5.98. The molecule has 3 aromatic carbocycles. The predicted molar refractivity (Wildman–Crippen MR) is 136 cm³/mol. The Morgan fingerprint density at radius 2 is 1.66 bits per heavy atom. The second kappa shape index (κ2) is 11.2. The van der Waals surface area contributed by atoms with Crippen molar-refractivity contribution in [3.05, 3.63) is 82.9 Å². The molecule has 3 aromatic rings. The van der Waals surface area contributed by atoms with Gasteiger partial charge in [0.15, 0.2) is 11.5 Å². The monoisotopic (exact) mass is 529 g/mol. The van der Waals surface area contributed by atoms with Crippen LogP contribution in [-0.4, -0.2) is 44.3 Å². The van der Waals surface area contributed by atoms with Crippen LogP contribution in [0.5, 0.6) is 23.0 Å². The van der Waals surface area contributed by atoms with Crippen molar-refractivity contribution in [1.82, 2.24) is 4.90 Å². The molecule has 0 saturated carbocycles. The Morgan fingerprint density at radius 3 is 2.29 bits per heavy atom. The summed E-state index contributed by atoms with van der Waals surface area (Å²) in [5.41, 5.74) is 1.40. The van der Waals surface area contributed by atoms with Crippen LogP contribution in [-0.2, 0) is 12.6 Å². The van der Waals surface area contributed by atoms with Gasteiger partial charge in [-0.25, -0.2) is 0 Å². The van der Waals surface area contributed by atoms with Crippen LogP contribution in [0, 0.1) is 0 Å². The molecule has 1 unspecified atom stereocenters. The van der Waals surface area contributed by atoms with Gasteiger partial charge in [-0.05, 0) is 86.0 Å². The van der Waals surface area contributed by atoms with Gasteiger partial charge in [-0.2, -0.15) is 13.2 Å². The van der Waals surface area contributed by atoms with Gasteiger partial charge in [0, 0.05) is 12.1 Å². The molecule has 0 bridgehead atoms. The molecule has 6 nitrogen and oxygen atoms in total. The Balaban J connectivity index is 1.67. The maximum Gasteiger partial charge on any atom is 0.416 e. The van der Waals surface area contributed by atoms with Crippen molar-refractivity contribution in [2.75, 3.05) is 27.4 Å². The quantitative estimate of drug-likeness (QED) is 0.341. The molecule has 0 aliphatic carbocycles. The number of halogens is 3. The third-order valence-electron chi connectivity index (χ3n) is 6.31. The fourth-order valence-corrected chi connectivity index (χ4v) is 4.50. The number of carbonyl (C=O) groups is 1. The molecule has 0 saturated heterocycles. The van der Waals surface area contributed by atoms with Crippen LogP contribution in [0.2, 0.25) is 0 Å². The molecule has 0 aromatic heterocycles. The van der Waals surface area contributed by atoms with Gasteiger partial charge in [-0.15, -0.1) is 0 Å². The molecule has 0 N–H and O–H groups in total. The maximum absolute atomic E-state index is 13.7. The first-order chi connectivity index (χ1) is 18.1. The first-order valence-corrected chi connectivity index (χ1v) is 12.2. The number of methoxy groups -OCH3 is 2. The highest BCUT2D eigenvalue weighted by Crippen LogP contribution is 2.39. The summed E-state index contributed by atoms with van der Waals surface area (Å²) in [5.74, 6) is 1.54. The van der Waals surface area contributed by atoms with E-state index in [4.69, 9.17) is 18.9 Å². The Morgan fingerprint density at radius 1 is 0.974 bits per heavy atom. The molecule has 38 heavy (non-hydrogen) atoms. The van der Waals surface area contributed by atoms with E-state index in [1.807, 2.05) is 19.9 Å². The zero-order chi connectivity index (χ0) is 27.4. The summed E-state index contributed by atoms with van der Waals surface area (Å²) in [6.07, 6.45) is -3.93. The molecule has 9 heteroatoms. The van der Waals surface area contributed by atoms with E-state index in [0.717, 1.165) is 23.3 Å². The summed E-state index contributed by atoms with van der Waals surface area (Å²) in [7, 11) is 3.06. The van der Waals surface area contributed by atoms with Crippen LogP contribution < -0.4 is 18.9 Å². The standard InChI is InChI=1S/C29H30F3NO5/c1-18(2)38-22-10-8-19(9-11-22)28(34)33-13-12-20-14-26(35-3)27(36-4)16-24(20)25(33)17-37-23-7-5-6-21(15-23)29(30,31)32/h5-11,14-16,18,25H,12-13,17H2,1-4H3. The van der Waals surface area contributed by atoms with Gasteiger partial charge in [-0.3, -0.25) is 4.79 Å². The number of amides is 1. The molecule has 1 aliphatic rings. The van der Waals surface area contributed by atoms with Crippen LogP contribution in [0.4, 0.5) is 13.2 Å². The highest BCUT2D eigenvalue weighted by atomic mass is 19.4. The first kappa shape index (κ1) is 27.2. The van der Waals surface area contributed by atoms with Gasteiger partial charge in [0.25, 0.3) is 5.91 Å². The summed E-state index contributed by atoms with van der Waals surface area (Å²) < 4.78 is 62.1. The van der Waals surface area contributed by atoms with Crippen LogP contribution in [0.25, 0.3) is 0 Å². The van der Waals surface area contributed by atoms with Gasteiger partial charge in [0.1, 0.15) is 18.1 Å². The topological polar surface area (TPSA) is 57.2 Å². The van der Waals surface area contributed by atoms with Crippen molar-refractivity contribution in [3.8, 4) is 23.0 Å². The smallest absolute Gasteiger partial charge is 0.416 e. The Labute approximate surface area is 219 Å². The minimum Gasteiger partial charge on any atom is -0.493 e. The summed E-state index contributed by atoms with van der Waals surface area (Å²) in [6, 6.07) is 14.7. The summed E-state index contributed by atoms with van der Waals surface area (Å²) in [4.78, 5) is 15.3. The molecular formula is C29H30F3NO5. The number of fused-ring (bicyclic) bond motifs is 1.